The van der Waals surface area contributed by atoms with Gasteiger partial charge in [-0.2, -0.15) is 0 Å². The van der Waals surface area contributed by atoms with Gasteiger partial charge in [-0.15, -0.1) is 0 Å². The molecule has 0 aromatic heterocycles. The van der Waals surface area contributed by atoms with Crippen LogP contribution in [0.15, 0.2) is 0 Å². The summed E-state index contributed by atoms with van der Waals surface area (Å²) in [6.45, 7) is 3.10. The van der Waals surface area contributed by atoms with Gasteiger partial charge in [0.05, 0.1) is 18.9 Å². The molecule has 1 rings (SSSR count). The molecule has 1 aliphatic rings. The zero-order chi connectivity index (χ0) is 12.9. The minimum absolute atomic E-state index is 0.180. The molecular formula is C11H21NO4S. The molecule has 0 radical (unpaired) electrons. The predicted molar refractivity (Wildman–Crippen MR) is 65.6 cm³/mol. The number of ether oxygens (including phenoxy) is 1. The van der Waals surface area contributed by atoms with E-state index in [4.69, 9.17) is 4.74 Å². The molecule has 5 nitrogen and oxygen atoms in total. The van der Waals surface area contributed by atoms with Crippen molar-refractivity contribution >= 4 is 15.8 Å². The van der Waals surface area contributed by atoms with E-state index in [0.717, 1.165) is 12.8 Å². The van der Waals surface area contributed by atoms with E-state index < -0.39 is 9.84 Å². The molecule has 0 amide bonds. The van der Waals surface area contributed by atoms with Gasteiger partial charge in [0, 0.05) is 12.3 Å². The fraction of sp³-hybridized carbons (Fsp3) is 0.909. The standard InChI is InChI=1S/C11H21NO4S/c1-3-16-11(13)9-12(10-5-6-10)7-4-8-17(2,14)15/h10H,3-9H2,1-2H3. The summed E-state index contributed by atoms with van der Waals surface area (Å²) in [7, 11) is -2.91. The van der Waals surface area contributed by atoms with Crippen LogP contribution in [0.4, 0.5) is 0 Å². The largest absolute Gasteiger partial charge is 0.465 e. The van der Waals surface area contributed by atoms with E-state index >= 15 is 0 Å². The second kappa shape index (κ2) is 6.35. The number of carbonyl (C=O) groups excluding carboxylic acids is 1. The maximum absolute atomic E-state index is 11.4. The molecule has 0 unspecified atom stereocenters. The van der Waals surface area contributed by atoms with Crippen LogP contribution in [-0.2, 0) is 19.4 Å². The van der Waals surface area contributed by atoms with Gasteiger partial charge >= 0.3 is 5.97 Å². The van der Waals surface area contributed by atoms with Gasteiger partial charge in [0.1, 0.15) is 9.84 Å². The van der Waals surface area contributed by atoms with Crippen LogP contribution in [0.3, 0.4) is 0 Å². The third kappa shape index (κ3) is 6.63. The van der Waals surface area contributed by atoms with Crippen LogP contribution >= 0.6 is 0 Å². The highest BCUT2D eigenvalue weighted by molar-refractivity contribution is 7.90. The van der Waals surface area contributed by atoms with Gasteiger partial charge in [-0.1, -0.05) is 0 Å². The Hall–Kier alpha value is -0.620. The molecule has 0 aromatic rings. The molecule has 0 saturated heterocycles. The van der Waals surface area contributed by atoms with Gasteiger partial charge in [-0.25, -0.2) is 8.42 Å². The Labute approximate surface area is 103 Å². The highest BCUT2D eigenvalue weighted by Gasteiger charge is 2.30. The minimum Gasteiger partial charge on any atom is -0.465 e. The molecule has 0 aliphatic heterocycles. The Balaban J connectivity index is 2.31. The van der Waals surface area contributed by atoms with Crippen LogP contribution in [0.25, 0.3) is 0 Å². The molecule has 1 aliphatic carbocycles. The predicted octanol–water partition coefficient (Wildman–Crippen LogP) is 0.449. The Kier molecular flexibility index (Phi) is 5.39. The summed E-state index contributed by atoms with van der Waals surface area (Å²) in [5.74, 6) is -0.0438. The van der Waals surface area contributed by atoms with Gasteiger partial charge in [0.2, 0.25) is 0 Å². The van der Waals surface area contributed by atoms with Crippen molar-refractivity contribution in [1.82, 2.24) is 4.90 Å². The second-order valence-corrected chi connectivity index (χ2v) is 6.75. The number of hydrogen-bond acceptors (Lipinski definition) is 5. The number of hydrogen-bond donors (Lipinski definition) is 0. The Bertz CT molecular complexity index is 348. The van der Waals surface area contributed by atoms with Gasteiger partial charge in [0.15, 0.2) is 0 Å². The molecule has 1 saturated carbocycles. The molecule has 1 fully saturated rings. The first-order valence-electron chi connectivity index (χ1n) is 5.99. The van der Waals surface area contributed by atoms with Crippen LogP contribution in [0.2, 0.25) is 0 Å². The lowest BCUT2D eigenvalue weighted by molar-refractivity contribution is -0.144. The molecule has 17 heavy (non-hydrogen) atoms. The summed E-state index contributed by atoms with van der Waals surface area (Å²) in [5, 5.41) is 0. The fourth-order valence-corrected chi connectivity index (χ4v) is 2.39. The SMILES string of the molecule is CCOC(=O)CN(CCCS(C)(=O)=O)C1CC1. The number of sulfone groups is 1. The Morgan fingerprint density at radius 3 is 2.53 bits per heavy atom. The van der Waals surface area contributed by atoms with Gasteiger partial charge < -0.3 is 4.74 Å². The van der Waals surface area contributed by atoms with Crippen LogP contribution in [-0.4, -0.2) is 57.0 Å². The summed E-state index contributed by atoms with van der Waals surface area (Å²) in [4.78, 5) is 13.4. The third-order valence-corrected chi connectivity index (χ3v) is 3.69. The maximum Gasteiger partial charge on any atom is 0.320 e. The molecule has 0 aromatic carbocycles. The van der Waals surface area contributed by atoms with E-state index in [1.165, 1.54) is 6.26 Å². The van der Waals surface area contributed by atoms with Crippen LogP contribution in [0.5, 0.6) is 0 Å². The van der Waals surface area contributed by atoms with Gasteiger partial charge in [0.25, 0.3) is 0 Å². The molecule has 100 valence electrons. The van der Waals surface area contributed by atoms with Crippen molar-refractivity contribution in [3.05, 3.63) is 0 Å². The topological polar surface area (TPSA) is 63.7 Å². The lowest BCUT2D eigenvalue weighted by atomic mass is 10.4. The Morgan fingerprint density at radius 2 is 2.06 bits per heavy atom. The smallest absolute Gasteiger partial charge is 0.320 e. The summed E-state index contributed by atoms with van der Waals surface area (Å²) in [5.41, 5.74) is 0. The number of esters is 1. The quantitative estimate of drug-likeness (QED) is 0.595. The lowest BCUT2D eigenvalue weighted by Gasteiger charge is -2.20. The number of carbonyl (C=O) groups is 1. The van der Waals surface area contributed by atoms with E-state index in [-0.39, 0.29) is 18.3 Å². The average Bonchev–Trinajstić information content (AvgIpc) is 2.97. The minimum atomic E-state index is -2.91. The van der Waals surface area contributed by atoms with Crippen molar-refractivity contribution in [2.75, 3.05) is 31.7 Å². The van der Waals surface area contributed by atoms with Crippen molar-refractivity contribution in [2.24, 2.45) is 0 Å². The van der Waals surface area contributed by atoms with E-state index in [9.17, 15) is 13.2 Å². The normalized spacial score (nSPS) is 16.2. The van der Waals surface area contributed by atoms with Crippen LogP contribution in [0, 0.1) is 0 Å². The summed E-state index contributed by atoms with van der Waals surface area (Å²) >= 11 is 0. The molecule has 0 heterocycles. The van der Waals surface area contributed by atoms with Gasteiger partial charge in [-0.05, 0) is 32.7 Å². The first kappa shape index (κ1) is 14.4. The molecule has 0 spiro atoms. The van der Waals surface area contributed by atoms with Gasteiger partial charge in [-0.3, -0.25) is 9.69 Å². The highest BCUT2D eigenvalue weighted by Crippen LogP contribution is 2.26. The van der Waals surface area contributed by atoms with E-state index in [2.05, 4.69) is 0 Å². The van der Waals surface area contributed by atoms with Crippen LogP contribution < -0.4 is 0 Å². The molecule has 0 N–H and O–H groups in total. The summed E-state index contributed by atoms with van der Waals surface area (Å²) < 4.78 is 26.9. The summed E-state index contributed by atoms with van der Waals surface area (Å²) in [6.07, 6.45) is 4.01. The van der Waals surface area contributed by atoms with Crippen molar-refractivity contribution in [1.29, 1.82) is 0 Å². The van der Waals surface area contributed by atoms with Crippen LogP contribution in [0.1, 0.15) is 26.2 Å². The third-order valence-electron chi connectivity index (χ3n) is 2.66. The van der Waals surface area contributed by atoms with Crippen molar-refractivity contribution in [2.45, 2.75) is 32.2 Å². The fourth-order valence-electron chi connectivity index (χ4n) is 1.73. The zero-order valence-corrected chi connectivity index (χ0v) is 11.3. The molecular weight excluding hydrogens is 242 g/mol. The number of rotatable bonds is 8. The van der Waals surface area contributed by atoms with Crippen molar-refractivity contribution < 1.29 is 17.9 Å². The molecule has 0 bridgehead atoms. The first-order chi connectivity index (χ1) is 7.92. The first-order valence-corrected chi connectivity index (χ1v) is 8.06. The van der Waals surface area contributed by atoms with E-state index in [1.807, 2.05) is 4.90 Å². The Morgan fingerprint density at radius 1 is 1.41 bits per heavy atom. The zero-order valence-electron chi connectivity index (χ0n) is 10.5. The van der Waals surface area contributed by atoms with E-state index in [0.29, 0.717) is 25.6 Å². The highest BCUT2D eigenvalue weighted by atomic mass is 32.2. The summed E-state index contributed by atoms with van der Waals surface area (Å²) in [6, 6.07) is 0.443. The number of nitrogens with zero attached hydrogens (tertiary/aromatic N) is 1. The molecule has 0 atom stereocenters. The average molecular weight is 263 g/mol. The monoisotopic (exact) mass is 263 g/mol. The van der Waals surface area contributed by atoms with Crippen molar-refractivity contribution in [3.8, 4) is 0 Å². The molecule has 6 heteroatoms. The second-order valence-electron chi connectivity index (χ2n) is 4.49. The lowest BCUT2D eigenvalue weighted by Crippen LogP contribution is -2.34. The van der Waals surface area contributed by atoms with Crippen molar-refractivity contribution in [3.63, 3.8) is 0 Å². The van der Waals surface area contributed by atoms with E-state index in [1.54, 1.807) is 6.92 Å². The maximum atomic E-state index is 11.4.